The monoisotopic (exact) mass is 296 g/mol. The molecule has 3 nitrogen and oxygen atoms in total. The Balaban J connectivity index is 2.09. The number of rotatable bonds is 6. The smallest absolute Gasteiger partial charge is 0.0586 e. The van der Waals surface area contributed by atoms with Gasteiger partial charge in [0.05, 0.1) is 6.10 Å². The molecule has 1 aliphatic carbocycles. The van der Waals surface area contributed by atoms with Gasteiger partial charge in [0.1, 0.15) is 0 Å². The van der Waals surface area contributed by atoms with Crippen LogP contribution in [0, 0.1) is 0 Å². The van der Waals surface area contributed by atoms with Gasteiger partial charge in [0, 0.05) is 37.8 Å². The average molecular weight is 296 g/mol. The van der Waals surface area contributed by atoms with Gasteiger partial charge >= 0.3 is 0 Å². The van der Waals surface area contributed by atoms with Crippen LogP contribution in [0.15, 0.2) is 0 Å². The van der Waals surface area contributed by atoms with Gasteiger partial charge in [0.2, 0.25) is 0 Å². The van der Waals surface area contributed by atoms with E-state index in [-0.39, 0.29) is 0 Å². The molecular formula is C18H36N2O. The van der Waals surface area contributed by atoms with E-state index in [1.54, 1.807) is 0 Å². The van der Waals surface area contributed by atoms with Gasteiger partial charge < -0.3 is 10.1 Å². The fourth-order valence-corrected chi connectivity index (χ4v) is 4.37. The molecule has 0 radical (unpaired) electrons. The minimum absolute atomic E-state index is 0.338. The molecule has 1 saturated carbocycles. The Morgan fingerprint density at radius 1 is 1.19 bits per heavy atom. The Labute approximate surface area is 131 Å². The van der Waals surface area contributed by atoms with E-state index in [2.05, 4.69) is 31.0 Å². The summed E-state index contributed by atoms with van der Waals surface area (Å²) in [4.78, 5) is 2.86. The van der Waals surface area contributed by atoms with Crippen molar-refractivity contribution in [2.24, 2.45) is 0 Å². The number of nitrogens with zero attached hydrogens (tertiary/aromatic N) is 1. The summed E-state index contributed by atoms with van der Waals surface area (Å²) in [5.41, 5.74) is 0.338. The van der Waals surface area contributed by atoms with E-state index in [9.17, 15) is 0 Å². The maximum absolute atomic E-state index is 5.67. The summed E-state index contributed by atoms with van der Waals surface area (Å²) in [5.74, 6) is 0. The molecule has 0 bridgehead atoms. The minimum Gasteiger partial charge on any atom is -0.381 e. The summed E-state index contributed by atoms with van der Waals surface area (Å²) in [6.07, 6.45) is 10.8. The second-order valence-corrected chi connectivity index (χ2v) is 7.16. The first-order chi connectivity index (χ1) is 10.2. The number of hydrogen-bond donors (Lipinski definition) is 1. The van der Waals surface area contributed by atoms with Crippen molar-refractivity contribution in [2.45, 2.75) is 95.9 Å². The average Bonchev–Trinajstić information content (AvgIpc) is 2.56. The van der Waals surface area contributed by atoms with Crippen LogP contribution in [-0.2, 0) is 4.74 Å². The molecule has 0 aromatic rings. The topological polar surface area (TPSA) is 24.5 Å². The van der Waals surface area contributed by atoms with Crippen LogP contribution >= 0.6 is 0 Å². The zero-order chi connectivity index (χ0) is 15.3. The van der Waals surface area contributed by atoms with E-state index in [0.29, 0.717) is 11.6 Å². The molecule has 2 rings (SSSR count). The van der Waals surface area contributed by atoms with E-state index < -0.39 is 0 Å². The third-order valence-electron chi connectivity index (χ3n) is 6.04. The Morgan fingerprint density at radius 2 is 1.95 bits per heavy atom. The van der Waals surface area contributed by atoms with E-state index in [1.807, 2.05) is 7.11 Å². The lowest BCUT2D eigenvalue weighted by Crippen LogP contribution is -2.66. The van der Waals surface area contributed by atoms with Crippen molar-refractivity contribution in [3.63, 3.8) is 0 Å². The highest BCUT2D eigenvalue weighted by molar-refractivity contribution is 4.99. The summed E-state index contributed by atoms with van der Waals surface area (Å²) >= 11 is 0. The number of methoxy groups -OCH3 is 1. The van der Waals surface area contributed by atoms with Crippen molar-refractivity contribution in [3.05, 3.63) is 0 Å². The Morgan fingerprint density at radius 3 is 2.57 bits per heavy atom. The molecule has 1 N–H and O–H groups in total. The van der Waals surface area contributed by atoms with Crippen LogP contribution in [0.25, 0.3) is 0 Å². The summed E-state index contributed by atoms with van der Waals surface area (Å²) in [6.45, 7) is 9.40. The van der Waals surface area contributed by atoms with Gasteiger partial charge in [0.25, 0.3) is 0 Å². The Kier molecular flexibility index (Phi) is 6.51. The second kappa shape index (κ2) is 7.94. The third-order valence-corrected chi connectivity index (χ3v) is 6.04. The highest BCUT2D eigenvalue weighted by Crippen LogP contribution is 2.32. The summed E-state index contributed by atoms with van der Waals surface area (Å²) in [7, 11) is 1.89. The van der Waals surface area contributed by atoms with Crippen LogP contribution in [0.3, 0.4) is 0 Å². The molecule has 1 aliphatic heterocycles. The fourth-order valence-electron chi connectivity index (χ4n) is 4.37. The van der Waals surface area contributed by atoms with Crippen LogP contribution in [0.5, 0.6) is 0 Å². The van der Waals surface area contributed by atoms with Crippen molar-refractivity contribution in [1.82, 2.24) is 10.2 Å². The normalized spacial score (nSPS) is 34.0. The lowest BCUT2D eigenvalue weighted by molar-refractivity contribution is -0.0192. The van der Waals surface area contributed by atoms with Gasteiger partial charge in [0.15, 0.2) is 0 Å². The van der Waals surface area contributed by atoms with E-state index >= 15 is 0 Å². The molecule has 124 valence electrons. The van der Waals surface area contributed by atoms with Crippen molar-refractivity contribution in [2.75, 3.05) is 20.2 Å². The van der Waals surface area contributed by atoms with Crippen LogP contribution in [-0.4, -0.2) is 48.8 Å². The first kappa shape index (κ1) is 17.2. The fraction of sp³-hybridized carbons (Fsp3) is 1.00. The molecule has 3 atom stereocenters. The largest absolute Gasteiger partial charge is 0.381 e. The molecule has 3 unspecified atom stereocenters. The predicted octanol–water partition coefficient (Wildman–Crippen LogP) is 3.58. The molecule has 2 fully saturated rings. The van der Waals surface area contributed by atoms with Crippen molar-refractivity contribution in [3.8, 4) is 0 Å². The van der Waals surface area contributed by atoms with E-state index in [4.69, 9.17) is 4.74 Å². The minimum atomic E-state index is 0.338. The molecule has 0 spiro atoms. The first-order valence-electron chi connectivity index (χ1n) is 9.21. The molecule has 2 aliphatic rings. The lowest BCUT2D eigenvalue weighted by atomic mass is 9.83. The quantitative estimate of drug-likeness (QED) is 0.811. The van der Waals surface area contributed by atoms with Gasteiger partial charge in [-0.2, -0.15) is 0 Å². The Bertz CT molecular complexity index is 304. The molecule has 0 aromatic carbocycles. The summed E-state index contributed by atoms with van der Waals surface area (Å²) < 4.78 is 5.67. The molecule has 3 heteroatoms. The van der Waals surface area contributed by atoms with Gasteiger partial charge in [-0.05, 0) is 44.9 Å². The van der Waals surface area contributed by atoms with Crippen LogP contribution in [0.2, 0.25) is 0 Å². The highest BCUT2D eigenvalue weighted by Gasteiger charge is 2.40. The van der Waals surface area contributed by atoms with Crippen molar-refractivity contribution >= 4 is 0 Å². The Hall–Kier alpha value is -0.120. The standard InChI is InChI=1S/C18H36N2O/c1-5-9-16-13-19-18(6-2,7-3)14-20(16)15-10-8-11-17(12-15)21-4/h15-17,19H,5-14H2,1-4H3. The van der Waals surface area contributed by atoms with E-state index in [0.717, 1.165) is 12.1 Å². The van der Waals surface area contributed by atoms with Crippen LogP contribution < -0.4 is 5.32 Å². The van der Waals surface area contributed by atoms with Crippen molar-refractivity contribution in [1.29, 1.82) is 0 Å². The highest BCUT2D eigenvalue weighted by atomic mass is 16.5. The zero-order valence-corrected chi connectivity index (χ0v) is 14.7. The van der Waals surface area contributed by atoms with E-state index in [1.165, 1.54) is 64.5 Å². The van der Waals surface area contributed by atoms with Crippen LogP contribution in [0.1, 0.15) is 72.1 Å². The lowest BCUT2D eigenvalue weighted by Gasteiger charge is -2.52. The predicted molar refractivity (Wildman–Crippen MR) is 89.8 cm³/mol. The van der Waals surface area contributed by atoms with Gasteiger partial charge in [-0.1, -0.05) is 27.2 Å². The summed E-state index contributed by atoms with van der Waals surface area (Å²) in [6, 6.07) is 1.46. The zero-order valence-electron chi connectivity index (χ0n) is 14.7. The molecule has 0 amide bonds. The number of nitrogens with one attached hydrogen (secondary N) is 1. The van der Waals surface area contributed by atoms with Gasteiger partial charge in [-0.25, -0.2) is 0 Å². The van der Waals surface area contributed by atoms with Gasteiger partial charge in [-0.3, -0.25) is 4.90 Å². The molecule has 1 saturated heterocycles. The molecule has 1 heterocycles. The molecule has 21 heavy (non-hydrogen) atoms. The maximum Gasteiger partial charge on any atom is 0.0586 e. The number of piperazine rings is 1. The maximum atomic E-state index is 5.67. The first-order valence-corrected chi connectivity index (χ1v) is 9.21. The molecular weight excluding hydrogens is 260 g/mol. The molecule has 0 aromatic heterocycles. The second-order valence-electron chi connectivity index (χ2n) is 7.16. The van der Waals surface area contributed by atoms with Crippen molar-refractivity contribution < 1.29 is 4.74 Å². The SMILES string of the molecule is CCCC1CNC(CC)(CC)CN1C1CCCC(OC)C1. The summed E-state index contributed by atoms with van der Waals surface area (Å²) in [5, 5.41) is 3.89. The van der Waals surface area contributed by atoms with Gasteiger partial charge in [-0.15, -0.1) is 0 Å². The third kappa shape index (κ3) is 4.00. The van der Waals surface area contributed by atoms with Crippen LogP contribution in [0.4, 0.5) is 0 Å². The number of hydrogen-bond acceptors (Lipinski definition) is 3. The number of ether oxygens (including phenoxy) is 1.